The topological polar surface area (TPSA) is 29.1 Å². The van der Waals surface area contributed by atoms with Gasteiger partial charge in [0.2, 0.25) is 5.91 Å². The predicted octanol–water partition coefficient (Wildman–Crippen LogP) is 3.68. The third kappa shape index (κ3) is 4.42. The second-order valence-corrected chi connectivity index (χ2v) is 5.04. The zero-order valence-corrected chi connectivity index (χ0v) is 12.2. The zero-order valence-electron chi connectivity index (χ0n) is 12.2. The first kappa shape index (κ1) is 15.2. The van der Waals surface area contributed by atoms with Crippen LogP contribution in [0.3, 0.4) is 0 Å². The van der Waals surface area contributed by atoms with E-state index in [-0.39, 0.29) is 17.6 Å². The maximum atomic E-state index is 13.1. The van der Waals surface area contributed by atoms with Crippen molar-refractivity contribution in [1.82, 2.24) is 5.32 Å². The van der Waals surface area contributed by atoms with E-state index in [1.165, 1.54) is 12.1 Å². The Labute approximate surface area is 125 Å². The second kappa shape index (κ2) is 7.58. The first-order valence-electron chi connectivity index (χ1n) is 7.27. The van der Waals surface area contributed by atoms with Gasteiger partial charge in [0.25, 0.3) is 0 Å². The van der Waals surface area contributed by atoms with Crippen molar-refractivity contribution in [1.29, 1.82) is 0 Å². The molecule has 110 valence electrons. The fourth-order valence-corrected chi connectivity index (χ4v) is 2.40. The predicted molar refractivity (Wildman–Crippen MR) is 82.6 cm³/mol. The van der Waals surface area contributed by atoms with Gasteiger partial charge in [0, 0.05) is 6.54 Å². The van der Waals surface area contributed by atoms with Crippen molar-refractivity contribution in [2.45, 2.75) is 25.7 Å². The van der Waals surface area contributed by atoms with Crippen LogP contribution in [0.1, 0.15) is 30.4 Å². The molecule has 21 heavy (non-hydrogen) atoms. The summed E-state index contributed by atoms with van der Waals surface area (Å²) < 4.78 is 13.1. The van der Waals surface area contributed by atoms with Gasteiger partial charge in [-0.15, -0.1) is 0 Å². The molecular formula is C18H20FNO. The van der Waals surface area contributed by atoms with E-state index in [4.69, 9.17) is 0 Å². The number of carbonyl (C=O) groups excluding carboxylic acids is 1. The van der Waals surface area contributed by atoms with E-state index in [2.05, 4.69) is 5.32 Å². The molecule has 3 heteroatoms. The molecule has 0 fully saturated rings. The number of hydrogen-bond acceptors (Lipinski definition) is 1. The summed E-state index contributed by atoms with van der Waals surface area (Å²) in [5.41, 5.74) is 1.92. The molecule has 0 saturated heterocycles. The number of rotatable bonds is 6. The molecule has 0 aliphatic rings. The third-order valence-electron chi connectivity index (χ3n) is 3.53. The number of nitrogens with one attached hydrogen (secondary N) is 1. The summed E-state index contributed by atoms with van der Waals surface area (Å²) in [4.78, 5) is 12.2. The van der Waals surface area contributed by atoms with Crippen LogP contribution in [0.25, 0.3) is 0 Å². The van der Waals surface area contributed by atoms with E-state index in [9.17, 15) is 9.18 Å². The summed E-state index contributed by atoms with van der Waals surface area (Å²) in [7, 11) is 0. The molecule has 1 atom stereocenters. The summed E-state index contributed by atoms with van der Waals surface area (Å²) in [5, 5.41) is 2.94. The lowest BCUT2D eigenvalue weighted by Gasteiger charge is -2.15. The van der Waals surface area contributed by atoms with Crippen LogP contribution in [0.15, 0.2) is 54.6 Å². The summed E-state index contributed by atoms with van der Waals surface area (Å²) in [6.07, 6.45) is 1.39. The quantitative estimate of drug-likeness (QED) is 0.862. The summed E-state index contributed by atoms with van der Waals surface area (Å²) in [6, 6.07) is 16.2. The Kier molecular flexibility index (Phi) is 5.50. The second-order valence-electron chi connectivity index (χ2n) is 5.04. The van der Waals surface area contributed by atoms with E-state index in [0.717, 1.165) is 17.5 Å². The number of hydrogen-bond donors (Lipinski definition) is 1. The Morgan fingerprint density at radius 3 is 2.57 bits per heavy atom. The molecular weight excluding hydrogens is 265 g/mol. The van der Waals surface area contributed by atoms with Gasteiger partial charge < -0.3 is 5.32 Å². The molecule has 0 spiro atoms. The number of amides is 1. The molecule has 0 saturated carbocycles. The van der Waals surface area contributed by atoms with E-state index >= 15 is 0 Å². The van der Waals surface area contributed by atoms with Crippen molar-refractivity contribution in [2.75, 3.05) is 6.54 Å². The van der Waals surface area contributed by atoms with Crippen molar-refractivity contribution in [3.8, 4) is 0 Å². The normalized spacial score (nSPS) is 11.9. The van der Waals surface area contributed by atoms with Crippen molar-refractivity contribution in [3.05, 3.63) is 71.5 Å². The average Bonchev–Trinajstić information content (AvgIpc) is 2.49. The van der Waals surface area contributed by atoms with Crippen LogP contribution in [0.2, 0.25) is 0 Å². The van der Waals surface area contributed by atoms with Crippen LogP contribution >= 0.6 is 0 Å². The number of halogens is 1. The van der Waals surface area contributed by atoms with Gasteiger partial charge in [0.15, 0.2) is 0 Å². The molecule has 0 aliphatic heterocycles. The molecule has 2 aromatic rings. The van der Waals surface area contributed by atoms with Crippen LogP contribution < -0.4 is 5.32 Å². The molecule has 1 unspecified atom stereocenters. The van der Waals surface area contributed by atoms with E-state index in [1.54, 1.807) is 6.07 Å². The molecule has 0 heterocycles. The van der Waals surface area contributed by atoms with Gasteiger partial charge in [-0.05, 0) is 36.1 Å². The first-order valence-corrected chi connectivity index (χ1v) is 7.27. The molecule has 0 radical (unpaired) electrons. The Bertz CT molecular complexity index is 583. The molecule has 0 bridgehead atoms. The van der Waals surface area contributed by atoms with Crippen molar-refractivity contribution in [3.63, 3.8) is 0 Å². The Hall–Kier alpha value is -2.16. The van der Waals surface area contributed by atoms with E-state index < -0.39 is 0 Å². The minimum Gasteiger partial charge on any atom is -0.355 e. The fourth-order valence-electron chi connectivity index (χ4n) is 2.40. The van der Waals surface area contributed by atoms with Crippen LogP contribution in [0, 0.1) is 5.82 Å². The van der Waals surface area contributed by atoms with Crippen LogP contribution in [0.4, 0.5) is 4.39 Å². The van der Waals surface area contributed by atoms with Crippen molar-refractivity contribution in [2.24, 2.45) is 0 Å². The molecule has 2 rings (SSSR count). The van der Waals surface area contributed by atoms with E-state index in [1.807, 2.05) is 43.3 Å². The maximum absolute atomic E-state index is 13.1. The van der Waals surface area contributed by atoms with Crippen LogP contribution in [0.5, 0.6) is 0 Å². The van der Waals surface area contributed by atoms with Crippen molar-refractivity contribution >= 4 is 5.91 Å². The molecule has 2 nitrogen and oxygen atoms in total. The number of benzene rings is 2. The first-order chi connectivity index (χ1) is 10.2. The highest BCUT2D eigenvalue weighted by Gasteiger charge is 2.17. The molecule has 0 aromatic heterocycles. The average molecular weight is 285 g/mol. The van der Waals surface area contributed by atoms with Gasteiger partial charge in [-0.3, -0.25) is 4.79 Å². The highest BCUT2D eigenvalue weighted by Crippen LogP contribution is 2.19. The Morgan fingerprint density at radius 2 is 1.90 bits per heavy atom. The highest BCUT2D eigenvalue weighted by molar-refractivity contribution is 5.83. The lowest BCUT2D eigenvalue weighted by Crippen LogP contribution is -2.30. The van der Waals surface area contributed by atoms with E-state index in [0.29, 0.717) is 13.0 Å². The lowest BCUT2D eigenvalue weighted by atomic mass is 9.95. The van der Waals surface area contributed by atoms with Gasteiger partial charge in [-0.25, -0.2) is 4.39 Å². The molecule has 1 amide bonds. The summed E-state index contributed by atoms with van der Waals surface area (Å²) >= 11 is 0. The summed E-state index contributed by atoms with van der Waals surface area (Å²) in [5.74, 6) is -0.339. The molecule has 0 aliphatic carbocycles. The standard InChI is InChI=1S/C18H20FNO/c1-2-17(15-8-4-3-5-9-15)18(21)20-12-11-14-7-6-10-16(19)13-14/h3-10,13,17H,2,11-12H2,1H3,(H,20,21). The van der Waals surface area contributed by atoms with Crippen molar-refractivity contribution < 1.29 is 9.18 Å². The maximum Gasteiger partial charge on any atom is 0.227 e. The Morgan fingerprint density at radius 1 is 1.14 bits per heavy atom. The van der Waals surface area contributed by atoms with Gasteiger partial charge in [0.1, 0.15) is 5.82 Å². The minimum absolute atomic E-state index is 0.0279. The SMILES string of the molecule is CCC(C(=O)NCCc1cccc(F)c1)c1ccccc1. The van der Waals surface area contributed by atoms with Gasteiger partial charge in [0.05, 0.1) is 5.92 Å². The smallest absolute Gasteiger partial charge is 0.227 e. The largest absolute Gasteiger partial charge is 0.355 e. The zero-order chi connectivity index (χ0) is 15.1. The molecule has 1 N–H and O–H groups in total. The van der Waals surface area contributed by atoms with Crippen LogP contribution in [-0.4, -0.2) is 12.5 Å². The third-order valence-corrected chi connectivity index (χ3v) is 3.53. The Balaban J connectivity index is 1.89. The lowest BCUT2D eigenvalue weighted by molar-refractivity contribution is -0.122. The monoisotopic (exact) mass is 285 g/mol. The summed E-state index contributed by atoms with van der Waals surface area (Å²) in [6.45, 7) is 2.52. The minimum atomic E-state index is -0.241. The number of carbonyl (C=O) groups is 1. The molecule has 2 aromatic carbocycles. The van der Waals surface area contributed by atoms with Gasteiger partial charge in [-0.1, -0.05) is 49.4 Å². The highest BCUT2D eigenvalue weighted by atomic mass is 19.1. The van der Waals surface area contributed by atoms with Gasteiger partial charge >= 0.3 is 0 Å². The fraction of sp³-hybridized carbons (Fsp3) is 0.278. The van der Waals surface area contributed by atoms with Crippen LogP contribution in [-0.2, 0) is 11.2 Å². The van der Waals surface area contributed by atoms with Gasteiger partial charge in [-0.2, -0.15) is 0 Å².